The second-order valence-corrected chi connectivity index (χ2v) is 8.32. The molecule has 1 aliphatic heterocycles. The van der Waals surface area contributed by atoms with Gasteiger partial charge in [-0.25, -0.2) is 0 Å². The highest BCUT2D eigenvalue weighted by molar-refractivity contribution is 6.04. The van der Waals surface area contributed by atoms with E-state index in [-0.39, 0.29) is 29.8 Å². The molecule has 0 aromatic heterocycles. The lowest BCUT2D eigenvalue weighted by molar-refractivity contribution is -0.121. The fourth-order valence-electron chi connectivity index (χ4n) is 3.87. The molecule has 1 heterocycles. The highest BCUT2D eigenvalue weighted by atomic mass is 16.2. The predicted octanol–water partition coefficient (Wildman–Crippen LogP) is 4.31. The number of benzene rings is 2. The van der Waals surface area contributed by atoms with Crippen LogP contribution in [0.5, 0.6) is 0 Å². The van der Waals surface area contributed by atoms with Crippen molar-refractivity contribution in [2.75, 3.05) is 16.3 Å². The van der Waals surface area contributed by atoms with Crippen LogP contribution in [-0.4, -0.2) is 24.4 Å². The molecule has 3 rings (SSSR count). The molecular formula is C23H28N2O2. The van der Waals surface area contributed by atoms with Crippen LogP contribution in [0, 0.1) is 0 Å². The molecule has 27 heavy (non-hydrogen) atoms. The van der Waals surface area contributed by atoms with Crippen LogP contribution in [0.25, 0.3) is 0 Å². The Morgan fingerprint density at radius 2 is 1.70 bits per heavy atom. The number of fused-ring (bicyclic) bond motifs is 1. The first-order valence-electron chi connectivity index (χ1n) is 9.47. The Kier molecular flexibility index (Phi) is 5.09. The molecular weight excluding hydrogens is 336 g/mol. The lowest BCUT2D eigenvalue weighted by Gasteiger charge is -2.31. The van der Waals surface area contributed by atoms with Gasteiger partial charge in [0.05, 0.1) is 0 Å². The molecule has 0 saturated carbocycles. The maximum atomic E-state index is 13.2. The van der Waals surface area contributed by atoms with Crippen LogP contribution in [0.1, 0.15) is 45.7 Å². The highest BCUT2D eigenvalue weighted by Crippen LogP contribution is 2.34. The van der Waals surface area contributed by atoms with E-state index in [0.717, 1.165) is 23.4 Å². The Hall–Kier alpha value is -2.62. The summed E-state index contributed by atoms with van der Waals surface area (Å²) in [5.74, 6) is -0.174. The van der Waals surface area contributed by atoms with E-state index in [1.54, 1.807) is 4.90 Å². The average Bonchev–Trinajstić information content (AvgIpc) is 2.94. The molecule has 0 radical (unpaired) electrons. The first-order valence-corrected chi connectivity index (χ1v) is 9.47. The van der Waals surface area contributed by atoms with Crippen molar-refractivity contribution in [3.05, 3.63) is 59.7 Å². The molecule has 1 unspecified atom stereocenters. The van der Waals surface area contributed by atoms with Gasteiger partial charge < -0.3 is 9.80 Å². The minimum atomic E-state index is -0.125. The molecule has 4 heteroatoms. The Balaban J connectivity index is 1.93. The number of carbonyl (C=O) groups is 2. The van der Waals surface area contributed by atoms with Crippen molar-refractivity contribution in [3.63, 3.8) is 0 Å². The van der Waals surface area contributed by atoms with Gasteiger partial charge in [0.15, 0.2) is 0 Å². The minimum absolute atomic E-state index is 0.0428. The monoisotopic (exact) mass is 364 g/mol. The van der Waals surface area contributed by atoms with Crippen LogP contribution >= 0.6 is 0 Å². The summed E-state index contributed by atoms with van der Waals surface area (Å²) in [6.07, 6.45) is 0.848. The van der Waals surface area contributed by atoms with Crippen LogP contribution in [0.4, 0.5) is 11.4 Å². The quantitative estimate of drug-likeness (QED) is 0.814. The van der Waals surface area contributed by atoms with Gasteiger partial charge in [0, 0.05) is 24.3 Å². The largest absolute Gasteiger partial charge is 0.307 e. The summed E-state index contributed by atoms with van der Waals surface area (Å²) < 4.78 is 0. The fraction of sp³-hybridized carbons (Fsp3) is 0.391. The maximum Gasteiger partial charge on any atom is 0.247 e. The maximum absolute atomic E-state index is 13.2. The molecule has 0 spiro atoms. The molecule has 1 aliphatic rings. The van der Waals surface area contributed by atoms with Gasteiger partial charge in [0.25, 0.3) is 0 Å². The number of anilines is 2. The third-order valence-electron chi connectivity index (χ3n) is 5.15. The molecule has 0 saturated heterocycles. The van der Waals surface area contributed by atoms with Gasteiger partial charge in [0.2, 0.25) is 11.8 Å². The zero-order valence-corrected chi connectivity index (χ0v) is 16.8. The molecule has 0 bridgehead atoms. The third kappa shape index (κ3) is 3.75. The van der Waals surface area contributed by atoms with E-state index in [4.69, 9.17) is 0 Å². The number of amides is 2. The second kappa shape index (κ2) is 7.18. The zero-order chi connectivity index (χ0) is 19.8. The van der Waals surface area contributed by atoms with Crippen molar-refractivity contribution in [1.29, 1.82) is 0 Å². The smallest absolute Gasteiger partial charge is 0.247 e. The van der Waals surface area contributed by atoms with Gasteiger partial charge in [-0.2, -0.15) is 0 Å². The number of para-hydroxylation sites is 2. The fourth-order valence-corrected chi connectivity index (χ4v) is 3.87. The number of nitrogens with zero attached hydrogens (tertiary/aromatic N) is 2. The Morgan fingerprint density at radius 3 is 2.37 bits per heavy atom. The highest BCUT2D eigenvalue weighted by Gasteiger charge is 2.33. The van der Waals surface area contributed by atoms with Crippen LogP contribution < -0.4 is 9.80 Å². The van der Waals surface area contributed by atoms with Crippen molar-refractivity contribution in [2.45, 2.75) is 52.5 Å². The summed E-state index contributed by atoms with van der Waals surface area (Å²) in [7, 11) is 0. The Morgan fingerprint density at radius 1 is 1.07 bits per heavy atom. The van der Waals surface area contributed by atoms with Crippen LogP contribution in [0.15, 0.2) is 48.5 Å². The first kappa shape index (κ1) is 19.2. The summed E-state index contributed by atoms with van der Waals surface area (Å²) in [6, 6.07) is 16.0. The predicted molar refractivity (Wildman–Crippen MR) is 110 cm³/mol. The molecule has 2 aromatic rings. The summed E-state index contributed by atoms with van der Waals surface area (Å²) >= 11 is 0. The van der Waals surface area contributed by atoms with Crippen LogP contribution in [0.2, 0.25) is 0 Å². The standard InChI is InChI=1S/C23H28N2O2/c1-16-14-18-10-6-8-12-20(18)25(16)22(27)15-24(17(2)26)21-13-9-7-11-19(21)23(3,4)5/h6-13,16H,14-15H2,1-5H3. The molecule has 0 aliphatic carbocycles. The molecule has 0 fully saturated rings. The third-order valence-corrected chi connectivity index (χ3v) is 5.15. The van der Waals surface area contributed by atoms with Crippen molar-refractivity contribution >= 4 is 23.2 Å². The van der Waals surface area contributed by atoms with E-state index in [0.29, 0.717) is 0 Å². The molecule has 2 amide bonds. The lowest BCUT2D eigenvalue weighted by Crippen LogP contribution is -2.45. The number of carbonyl (C=O) groups excluding carboxylic acids is 2. The SMILES string of the molecule is CC(=O)N(CC(=O)N1c2ccccc2CC1C)c1ccccc1C(C)(C)C. The van der Waals surface area contributed by atoms with Crippen molar-refractivity contribution < 1.29 is 9.59 Å². The average molecular weight is 364 g/mol. The molecule has 4 nitrogen and oxygen atoms in total. The summed E-state index contributed by atoms with van der Waals surface area (Å²) in [5, 5.41) is 0. The van der Waals surface area contributed by atoms with Gasteiger partial charge >= 0.3 is 0 Å². The second-order valence-electron chi connectivity index (χ2n) is 8.32. The Labute approximate surface area is 161 Å². The van der Waals surface area contributed by atoms with Gasteiger partial charge in [-0.15, -0.1) is 0 Å². The van der Waals surface area contributed by atoms with E-state index in [1.165, 1.54) is 12.5 Å². The zero-order valence-electron chi connectivity index (χ0n) is 16.8. The topological polar surface area (TPSA) is 40.6 Å². The number of hydrogen-bond donors (Lipinski definition) is 0. The first-order chi connectivity index (χ1) is 12.7. The van der Waals surface area contributed by atoms with Gasteiger partial charge in [0.1, 0.15) is 6.54 Å². The van der Waals surface area contributed by atoms with E-state index >= 15 is 0 Å². The lowest BCUT2D eigenvalue weighted by atomic mass is 9.85. The van der Waals surface area contributed by atoms with Gasteiger partial charge in [-0.1, -0.05) is 57.2 Å². The van der Waals surface area contributed by atoms with E-state index in [9.17, 15) is 9.59 Å². The summed E-state index contributed by atoms with van der Waals surface area (Å²) in [6.45, 7) is 9.97. The van der Waals surface area contributed by atoms with Crippen molar-refractivity contribution in [2.24, 2.45) is 0 Å². The molecule has 2 aromatic carbocycles. The van der Waals surface area contributed by atoms with Gasteiger partial charge in [-0.3, -0.25) is 9.59 Å². The minimum Gasteiger partial charge on any atom is -0.307 e. The van der Waals surface area contributed by atoms with E-state index in [2.05, 4.69) is 33.8 Å². The summed E-state index contributed by atoms with van der Waals surface area (Å²) in [4.78, 5) is 29.1. The van der Waals surface area contributed by atoms with Crippen molar-refractivity contribution in [3.8, 4) is 0 Å². The van der Waals surface area contributed by atoms with Crippen LogP contribution in [0.3, 0.4) is 0 Å². The molecule has 1 atom stereocenters. The summed E-state index contributed by atoms with van der Waals surface area (Å²) in [5.41, 5.74) is 3.89. The molecule has 0 N–H and O–H groups in total. The van der Waals surface area contributed by atoms with E-state index in [1.807, 2.05) is 47.4 Å². The molecule has 142 valence electrons. The van der Waals surface area contributed by atoms with Gasteiger partial charge in [-0.05, 0) is 42.0 Å². The van der Waals surface area contributed by atoms with Crippen molar-refractivity contribution in [1.82, 2.24) is 0 Å². The Bertz CT molecular complexity index is 867. The number of hydrogen-bond acceptors (Lipinski definition) is 2. The van der Waals surface area contributed by atoms with Crippen LogP contribution in [-0.2, 0) is 21.4 Å². The normalized spacial score (nSPS) is 16.2. The number of rotatable bonds is 3. The van der Waals surface area contributed by atoms with E-state index < -0.39 is 0 Å².